The van der Waals surface area contributed by atoms with Gasteiger partial charge in [0.05, 0.1) is 23.5 Å². The predicted molar refractivity (Wildman–Crippen MR) is 154 cm³/mol. The third kappa shape index (κ3) is 5.66. The first-order chi connectivity index (χ1) is 21.2. The molecular formula is C31H26F3N7O3. The number of nitrogens with zero attached hydrogens (tertiary/aromatic N) is 6. The van der Waals surface area contributed by atoms with Crippen LogP contribution in [-0.2, 0) is 12.7 Å². The van der Waals surface area contributed by atoms with Crippen LogP contribution in [0.3, 0.4) is 0 Å². The van der Waals surface area contributed by atoms with E-state index in [2.05, 4.69) is 15.0 Å². The number of hydrogen-bond donors (Lipinski definition) is 1. The Morgan fingerprint density at radius 2 is 1.77 bits per heavy atom. The monoisotopic (exact) mass is 601 g/mol. The zero-order valence-electron chi connectivity index (χ0n) is 23.3. The van der Waals surface area contributed by atoms with Gasteiger partial charge in [-0.25, -0.2) is 10.1 Å². The zero-order valence-corrected chi connectivity index (χ0v) is 23.3. The summed E-state index contributed by atoms with van der Waals surface area (Å²) in [5, 5.41) is 14.5. The minimum Gasteiger partial charge on any atom is -0.491 e. The number of carbonyl (C=O) groups is 1. The molecule has 0 spiro atoms. The van der Waals surface area contributed by atoms with E-state index in [-0.39, 0.29) is 24.7 Å². The Balaban J connectivity index is 1.12. The van der Waals surface area contributed by atoms with E-state index in [0.717, 1.165) is 23.1 Å². The fourth-order valence-electron chi connectivity index (χ4n) is 5.61. The smallest absolute Gasteiger partial charge is 0.423 e. The van der Waals surface area contributed by atoms with E-state index in [1.807, 2.05) is 23.3 Å². The van der Waals surface area contributed by atoms with Gasteiger partial charge in [-0.3, -0.25) is 9.59 Å². The second kappa shape index (κ2) is 11.7. The topological polar surface area (TPSA) is 118 Å². The number of aromatic nitrogens is 3. The number of rotatable bonds is 6. The molecular weight excluding hydrogens is 575 g/mol. The van der Waals surface area contributed by atoms with Crippen molar-refractivity contribution in [3.63, 3.8) is 0 Å². The molecule has 1 amide bonds. The van der Waals surface area contributed by atoms with Gasteiger partial charge in [0, 0.05) is 44.5 Å². The van der Waals surface area contributed by atoms with Crippen molar-refractivity contribution in [1.82, 2.24) is 20.1 Å². The number of nitriles is 1. The van der Waals surface area contributed by atoms with E-state index in [1.54, 1.807) is 53.4 Å². The predicted octanol–water partition coefficient (Wildman–Crippen LogP) is 4.16. The lowest BCUT2D eigenvalue weighted by Crippen LogP contribution is -2.49. The molecule has 1 N–H and O–H groups in total. The van der Waals surface area contributed by atoms with E-state index in [9.17, 15) is 22.8 Å². The maximum absolute atomic E-state index is 13.9. The van der Waals surface area contributed by atoms with Gasteiger partial charge in [0.2, 0.25) is 0 Å². The fraction of sp³-hybridized carbons (Fsp3) is 0.258. The molecule has 224 valence electrons. The first kappa shape index (κ1) is 28.7. The number of hydrogen-bond acceptors (Lipinski definition) is 8. The molecule has 2 aliphatic rings. The van der Waals surface area contributed by atoms with Crippen LogP contribution < -0.4 is 20.1 Å². The molecule has 1 saturated heterocycles. The van der Waals surface area contributed by atoms with Crippen LogP contribution in [0.4, 0.5) is 24.7 Å². The molecule has 10 nitrogen and oxygen atoms in total. The molecule has 44 heavy (non-hydrogen) atoms. The third-order valence-corrected chi connectivity index (χ3v) is 7.84. The third-order valence-electron chi connectivity index (χ3n) is 7.84. The Kier molecular flexibility index (Phi) is 7.65. The molecule has 0 bridgehead atoms. The zero-order chi connectivity index (χ0) is 30.8. The van der Waals surface area contributed by atoms with Gasteiger partial charge in [0.1, 0.15) is 29.8 Å². The number of H-pyrrole nitrogens is 1. The summed E-state index contributed by atoms with van der Waals surface area (Å²) in [6, 6.07) is 18.9. The van der Waals surface area contributed by atoms with E-state index in [4.69, 9.17) is 10.00 Å². The standard InChI is InChI=1S/C31H26F3N7O3/c32-31(33,34)28-25(17-37-38-29(28)42)41-18-22-3-1-2-4-24(22)26(41)19-44-23-8-6-21(7-9-23)30(43)40-13-11-39(12-14-40)27-10-5-20(15-35)16-36-27/h1-10,16-17,26H,11-14,18-19H2,(H,38,42). The molecule has 2 aliphatic heterocycles. The van der Waals surface area contributed by atoms with Crippen molar-refractivity contribution in [1.29, 1.82) is 5.26 Å². The average Bonchev–Trinajstić information content (AvgIpc) is 3.41. The average molecular weight is 602 g/mol. The summed E-state index contributed by atoms with van der Waals surface area (Å²) < 4.78 is 47.7. The van der Waals surface area contributed by atoms with Gasteiger partial charge >= 0.3 is 6.18 Å². The number of amides is 1. The normalized spacial score (nSPS) is 16.4. The van der Waals surface area contributed by atoms with Gasteiger partial charge in [0.25, 0.3) is 11.5 Å². The van der Waals surface area contributed by atoms with E-state index in [1.165, 1.54) is 11.1 Å². The van der Waals surface area contributed by atoms with Crippen LogP contribution in [0.25, 0.3) is 0 Å². The number of nitrogens with one attached hydrogen (secondary N) is 1. The Morgan fingerprint density at radius 3 is 2.45 bits per heavy atom. The number of fused-ring (bicyclic) bond motifs is 1. The second-order valence-corrected chi connectivity index (χ2v) is 10.4. The van der Waals surface area contributed by atoms with Crippen molar-refractivity contribution in [3.8, 4) is 11.8 Å². The quantitative estimate of drug-likeness (QED) is 0.350. The molecule has 13 heteroatoms. The Hall–Kier alpha value is -5.38. The number of aromatic amines is 1. The van der Waals surface area contributed by atoms with Crippen LogP contribution in [0, 0.1) is 11.3 Å². The molecule has 4 heterocycles. The summed E-state index contributed by atoms with van der Waals surface area (Å²) >= 11 is 0. The van der Waals surface area contributed by atoms with Crippen molar-refractivity contribution in [2.45, 2.75) is 18.8 Å². The van der Waals surface area contributed by atoms with Crippen LogP contribution in [0.5, 0.6) is 5.75 Å². The minimum absolute atomic E-state index is 0.000254. The number of anilines is 2. The number of benzene rings is 2. The highest BCUT2D eigenvalue weighted by molar-refractivity contribution is 5.94. The van der Waals surface area contributed by atoms with Crippen LogP contribution in [0.1, 0.15) is 38.7 Å². The van der Waals surface area contributed by atoms with Gasteiger partial charge in [-0.2, -0.15) is 23.5 Å². The minimum atomic E-state index is -4.87. The first-order valence-electron chi connectivity index (χ1n) is 13.9. The lowest BCUT2D eigenvalue weighted by atomic mass is 10.1. The highest BCUT2D eigenvalue weighted by Crippen LogP contribution is 2.42. The summed E-state index contributed by atoms with van der Waals surface area (Å²) in [7, 11) is 0. The summed E-state index contributed by atoms with van der Waals surface area (Å²) in [5.74, 6) is 1.08. The molecule has 0 radical (unpaired) electrons. The SMILES string of the molecule is N#Cc1ccc(N2CCN(C(=O)c3ccc(OCC4c5ccccc5CN4c4cn[nH]c(=O)c4C(F)(F)F)cc3)CC2)nc1. The highest BCUT2D eigenvalue weighted by Gasteiger charge is 2.42. The van der Waals surface area contributed by atoms with Crippen molar-refractivity contribution in [2.24, 2.45) is 0 Å². The molecule has 1 fully saturated rings. The van der Waals surface area contributed by atoms with Gasteiger partial charge in [0.15, 0.2) is 0 Å². The van der Waals surface area contributed by atoms with Gasteiger partial charge in [-0.1, -0.05) is 24.3 Å². The fourth-order valence-corrected chi connectivity index (χ4v) is 5.61. The summed E-state index contributed by atoms with van der Waals surface area (Å²) in [6.07, 6.45) is -2.33. The van der Waals surface area contributed by atoms with Crippen LogP contribution >= 0.6 is 0 Å². The Labute approximate surface area is 249 Å². The molecule has 0 saturated carbocycles. The van der Waals surface area contributed by atoms with Crippen molar-refractivity contribution in [3.05, 3.63) is 111 Å². The second-order valence-electron chi connectivity index (χ2n) is 10.4. The van der Waals surface area contributed by atoms with Gasteiger partial charge in [-0.15, -0.1) is 0 Å². The van der Waals surface area contributed by atoms with E-state index in [0.29, 0.717) is 43.1 Å². The molecule has 1 atom stereocenters. The van der Waals surface area contributed by atoms with E-state index < -0.39 is 23.3 Å². The number of pyridine rings is 1. The number of ether oxygens (including phenoxy) is 1. The molecule has 2 aromatic carbocycles. The maximum atomic E-state index is 13.9. The molecule has 1 unspecified atom stereocenters. The van der Waals surface area contributed by atoms with Gasteiger partial charge in [-0.05, 0) is 47.5 Å². The maximum Gasteiger partial charge on any atom is 0.423 e. The lowest BCUT2D eigenvalue weighted by Gasteiger charge is -2.35. The first-order valence-corrected chi connectivity index (χ1v) is 13.9. The van der Waals surface area contributed by atoms with Crippen molar-refractivity contribution in [2.75, 3.05) is 42.6 Å². The molecule has 0 aliphatic carbocycles. The van der Waals surface area contributed by atoms with Gasteiger partial charge < -0.3 is 19.4 Å². The van der Waals surface area contributed by atoms with Crippen molar-refractivity contribution >= 4 is 17.4 Å². The number of alkyl halides is 3. The number of piperazine rings is 1. The summed E-state index contributed by atoms with van der Waals surface area (Å²) in [6.45, 7) is 2.37. The molecule has 6 rings (SSSR count). The summed E-state index contributed by atoms with van der Waals surface area (Å²) in [4.78, 5) is 35.0. The Bertz CT molecular complexity index is 1760. The number of halogens is 3. The highest BCUT2D eigenvalue weighted by atomic mass is 19.4. The van der Waals surface area contributed by atoms with E-state index >= 15 is 0 Å². The Morgan fingerprint density at radius 1 is 1.02 bits per heavy atom. The summed E-state index contributed by atoms with van der Waals surface area (Å²) in [5.41, 5.74) is -0.336. The lowest BCUT2D eigenvalue weighted by molar-refractivity contribution is -0.138. The molecule has 4 aromatic rings. The largest absolute Gasteiger partial charge is 0.491 e. The van der Waals surface area contributed by atoms with Crippen LogP contribution in [-0.4, -0.2) is 58.8 Å². The van der Waals surface area contributed by atoms with Crippen LogP contribution in [0.15, 0.2) is 77.9 Å². The molecule has 2 aromatic heterocycles. The van der Waals surface area contributed by atoms with Crippen molar-refractivity contribution < 1.29 is 22.7 Å². The number of carbonyl (C=O) groups excluding carboxylic acids is 1. The van der Waals surface area contributed by atoms with Crippen LogP contribution in [0.2, 0.25) is 0 Å².